The van der Waals surface area contributed by atoms with Crippen molar-refractivity contribution in [3.8, 4) is 0 Å². The molecule has 0 bridgehead atoms. The number of rotatable bonds is 4. The summed E-state index contributed by atoms with van der Waals surface area (Å²) in [6, 6.07) is 14.8. The van der Waals surface area contributed by atoms with Gasteiger partial charge in [-0.3, -0.25) is 10.6 Å². The molecule has 30 heavy (non-hydrogen) atoms. The third kappa shape index (κ3) is 4.72. The highest BCUT2D eigenvalue weighted by atomic mass is 16.7. The van der Waals surface area contributed by atoms with Gasteiger partial charge in [0.15, 0.2) is 12.2 Å². The Bertz CT molecular complexity index is 823. The van der Waals surface area contributed by atoms with Crippen molar-refractivity contribution in [2.75, 3.05) is 23.8 Å². The van der Waals surface area contributed by atoms with Gasteiger partial charge in [0.25, 0.3) is 0 Å². The third-order valence-electron chi connectivity index (χ3n) is 5.08. The molecule has 2 fully saturated rings. The minimum absolute atomic E-state index is 0.177. The molecule has 2 aliphatic heterocycles. The Labute approximate surface area is 174 Å². The molecule has 4 rings (SSSR count). The maximum Gasteiger partial charge on any atom is 0.412 e. The standard InChI is InChI=1S/C22H24N2O6/c1-13-3-7-15(8-4-13)23-21(25)29-17-11-27-20-18(12-28-19(17)20)30-22(26)24-16-9-5-14(2)6-10-16/h3-10,17-20H,11-12H2,1-2H3,(H,23,25)(H,24,26)/t17-,18+,19-,20+. The predicted octanol–water partition coefficient (Wildman–Crippen LogP) is 3.64. The van der Waals surface area contributed by atoms with E-state index >= 15 is 0 Å². The van der Waals surface area contributed by atoms with Crippen molar-refractivity contribution in [2.45, 2.75) is 38.3 Å². The van der Waals surface area contributed by atoms with Gasteiger partial charge in [-0.15, -0.1) is 0 Å². The monoisotopic (exact) mass is 412 g/mol. The number of hydrogen-bond donors (Lipinski definition) is 2. The number of nitrogens with one attached hydrogen (secondary N) is 2. The summed E-state index contributed by atoms with van der Waals surface area (Å²) < 4.78 is 22.3. The van der Waals surface area contributed by atoms with E-state index in [4.69, 9.17) is 18.9 Å². The fourth-order valence-corrected chi connectivity index (χ4v) is 3.47. The van der Waals surface area contributed by atoms with Gasteiger partial charge in [0.1, 0.15) is 12.2 Å². The van der Waals surface area contributed by atoms with Crippen molar-refractivity contribution in [3.05, 3.63) is 59.7 Å². The van der Waals surface area contributed by atoms with E-state index in [0.717, 1.165) is 11.1 Å². The van der Waals surface area contributed by atoms with Crippen molar-refractivity contribution in [3.63, 3.8) is 0 Å². The first-order chi connectivity index (χ1) is 14.5. The number of benzene rings is 2. The van der Waals surface area contributed by atoms with Gasteiger partial charge in [0.2, 0.25) is 0 Å². The van der Waals surface area contributed by atoms with Crippen LogP contribution >= 0.6 is 0 Å². The van der Waals surface area contributed by atoms with E-state index in [-0.39, 0.29) is 13.2 Å². The molecular weight excluding hydrogens is 388 g/mol. The molecule has 2 saturated heterocycles. The van der Waals surface area contributed by atoms with Crippen LogP contribution in [0.1, 0.15) is 11.1 Å². The molecule has 0 spiro atoms. The Morgan fingerprint density at radius 2 is 1.10 bits per heavy atom. The minimum Gasteiger partial charge on any atom is -0.441 e. The van der Waals surface area contributed by atoms with Crippen LogP contribution in [0.4, 0.5) is 21.0 Å². The number of aryl methyl sites for hydroxylation is 2. The smallest absolute Gasteiger partial charge is 0.412 e. The first-order valence-electron chi connectivity index (χ1n) is 9.80. The van der Waals surface area contributed by atoms with Gasteiger partial charge < -0.3 is 18.9 Å². The molecule has 2 aliphatic rings. The molecule has 2 aromatic carbocycles. The molecule has 0 aromatic heterocycles. The Morgan fingerprint density at radius 3 is 1.47 bits per heavy atom. The third-order valence-corrected chi connectivity index (χ3v) is 5.08. The number of fused-ring (bicyclic) bond motifs is 1. The first kappa shape index (κ1) is 20.2. The van der Waals surface area contributed by atoms with Crippen molar-refractivity contribution in [1.29, 1.82) is 0 Å². The fourth-order valence-electron chi connectivity index (χ4n) is 3.47. The van der Waals surface area contributed by atoms with Crippen LogP contribution in [-0.2, 0) is 18.9 Å². The maximum atomic E-state index is 12.2. The number of ether oxygens (including phenoxy) is 4. The molecule has 2 amide bonds. The highest BCUT2D eigenvalue weighted by molar-refractivity contribution is 5.85. The van der Waals surface area contributed by atoms with Crippen LogP contribution < -0.4 is 10.6 Å². The molecule has 158 valence electrons. The molecule has 2 aromatic rings. The molecule has 8 heteroatoms. The van der Waals surface area contributed by atoms with Crippen LogP contribution in [0.15, 0.2) is 48.5 Å². The van der Waals surface area contributed by atoms with Crippen LogP contribution in [0.25, 0.3) is 0 Å². The van der Waals surface area contributed by atoms with Gasteiger partial charge in [-0.05, 0) is 38.1 Å². The van der Waals surface area contributed by atoms with E-state index in [9.17, 15) is 9.59 Å². The molecule has 4 atom stereocenters. The van der Waals surface area contributed by atoms with Gasteiger partial charge in [-0.25, -0.2) is 9.59 Å². The van der Waals surface area contributed by atoms with Crippen molar-refractivity contribution >= 4 is 23.6 Å². The highest BCUT2D eigenvalue weighted by Gasteiger charge is 2.51. The summed E-state index contributed by atoms with van der Waals surface area (Å²) in [7, 11) is 0. The van der Waals surface area contributed by atoms with E-state index in [1.807, 2.05) is 38.1 Å². The van der Waals surface area contributed by atoms with Gasteiger partial charge in [0.05, 0.1) is 13.2 Å². The van der Waals surface area contributed by atoms with Crippen LogP contribution in [0, 0.1) is 13.8 Å². The summed E-state index contributed by atoms with van der Waals surface area (Å²) in [5, 5.41) is 5.37. The van der Waals surface area contributed by atoms with Gasteiger partial charge in [-0.1, -0.05) is 35.4 Å². The summed E-state index contributed by atoms with van der Waals surface area (Å²) in [6.45, 7) is 4.29. The maximum absolute atomic E-state index is 12.2. The Morgan fingerprint density at radius 1 is 0.733 bits per heavy atom. The van der Waals surface area contributed by atoms with Crippen molar-refractivity contribution in [2.24, 2.45) is 0 Å². The first-order valence-corrected chi connectivity index (χ1v) is 9.80. The van der Waals surface area contributed by atoms with E-state index < -0.39 is 36.6 Å². The van der Waals surface area contributed by atoms with Gasteiger partial charge >= 0.3 is 12.2 Å². The second-order valence-electron chi connectivity index (χ2n) is 7.47. The second-order valence-corrected chi connectivity index (χ2v) is 7.47. The van der Waals surface area contributed by atoms with Crippen LogP contribution in [0.3, 0.4) is 0 Å². The summed E-state index contributed by atoms with van der Waals surface area (Å²) in [5.74, 6) is 0. The summed E-state index contributed by atoms with van der Waals surface area (Å²) in [5.41, 5.74) is 3.47. The summed E-state index contributed by atoms with van der Waals surface area (Å²) >= 11 is 0. The summed E-state index contributed by atoms with van der Waals surface area (Å²) in [4.78, 5) is 24.4. The Balaban J connectivity index is 1.27. The number of carbonyl (C=O) groups is 2. The van der Waals surface area contributed by atoms with Crippen LogP contribution in [0.5, 0.6) is 0 Å². The predicted molar refractivity (Wildman–Crippen MR) is 110 cm³/mol. The summed E-state index contributed by atoms with van der Waals surface area (Å²) in [6.07, 6.45) is -3.28. The van der Waals surface area contributed by atoms with E-state index in [1.54, 1.807) is 24.3 Å². The largest absolute Gasteiger partial charge is 0.441 e. The topological polar surface area (TPSA) is 95.1 Å². The molecule has 2 heterocycles. The minimum atomic E-state index is -0.585. The number of hydrogen-bond acceptors (Lipinski definition) is 6. The molecule has 2 N–H and O–H groups in total. The van der Waals surface area contributed by atoms with E-state index in [2.05, 4.69) is 10.6 Å². The molecule has 0 radical (unpaired) electrons. The lowest BCUT2D eigenvalue weighted by atomic mass is 10.1. The Hall–Kier alpha value is -3.10. The highest BCUT2D eigenvalue weighted by Crippen LogP contribution is 2.31. The molecule has 0 saturated carbocycles. The quantitative estimate of drug-likeness (QED) is 0.796. The van der Waals surface area contributed by atoms with E-state index in [1.165, 1.54) is 0 Å². The van der Waals surface area contributed by atoms with Gasteiger partial charge in [0, 0.05) is 11.4 Å². The lowest BCUT2D eigenvalue weighted by molar-refractivity contribution is -0.00697. The second kappa shape index (κ2) is 8.73. The zero-order valence-corrected chi connectivity index (χ0v) is 16.8. The number of anilines is 2. The molecule has 8 nitrogen and oxygen atoms in total. The van der Waals surface area contributed by atoms with Crippen molar-refractivity contribution in [1.82, 2.24) is 0 Å². The van der Waals surface area contributed by atoms with Crippen LogP contribution in [0.2, 0.25) is 0 Å². The average molecular weight is 412 g/mol. The molecule has 0 aliphatic carbocycles. The van der Waals surface area contributed by atoms with Crippen molar-refractivity contribution < 1.29 is 28.5 Å². The normalized spacial score (nSPS) is 24.7. The zero-order chi connectivity index (χ0) is 21.1. The van der Waals surface area contributed by atoms with Gasteiger partial charge in [-0.2, -0.15) is 0 Å². The lowest BCUT2D eigenvalue weighted by Gasteiger charge is -2.17. The van der Waals surface area contributed by atoms with Crippen LogP contribution in [-0.4, -0.2) is 49.8 Å². The Kier molecular flexibility index (Phi) is 5.87. The lowest BCUT2D eigenvalue weighted by Crippen LogP contribution is -2.37. The fraction of sp³-hybridized carbons (Fsp3) is 0.364. The number of amides is 2. The average Bonchev–Trinajstić information content (AvgIpc) is 3.29. The molecular formula is C22H24N2O6. The van der Waals surface area contributed by atoms with E-state index in [0.29, 0.717) is 11.4 Å². The molecule has 0 unspecified atom stereocenters. The zero-order valence-electron chi connectivity index (χ0n) is 16.8. The SMILES string of the molecule is Cc1ccc(NC(=O)O[C@H]2CO[C@H]3[C@H]2OC[C@H]3OC(=O)Nc2ccc(C)cc2)cc1. The number of carbonyl (C=O) groups excluding carboxylic acids is 2.